The number of fused-ring (bicyclic) bond motifs is 1. The molecule has 0 radical (unpaired) electrons. The molecule has 2 aliphatic heterocycles. The van der Waals surface area contributed by atoms with E-state index < -0.39 is 11.6 Å². The van der Waals surface area contributed by atoms with Gasteiger partial charge in [-0.25, -0.2) is 9.59 Å². The van der Waals surface area contributed by atoms with Gasteiger partial charge in [0.1, 0.15) is 6.61 Å². The summed E-state index contributed by atoms with van der Waals surface area (Å²) in [5.41, 5.74) is -0.112. The lowest BCUT2D eigenvalue weighted by Gasteiger charge is -2.36. The van der Waals surface area contributed by atoms with Crippen molar-refractivity contribution in [3.05, 3.63) is 23.3 Å². The van der Waals surface area contributed by atoms with Crippen LogP contribution in [0.5, 0.6) is 0 Å². The van der Waals surface area contributed by atoms with Gasteiger partial charge in [-0.3, -0.25) is 0 Å². The highest BCUT2D eigenvalue weighted by Gasteiger charge is 2.63. The van der Waals surface area contributed by atoms with E-state index in [4.69, 9.17) is 9.47 Å². The third-order valence-electron chi connectivity index (χ3n) is 5.78. The molecule has 2 saturated heterocycles. The highest BCUT2D eigenvalue weighted by molar-refractivity contribution is 5.88. The number of carbonyl (C=O) groups is 2. The van der Waals surface area contributed by atoms with Gasteiger partial charge >= 0.3 is 11.9 Å². The first-order chi connectivity index (χ1) is 11.7. The lowest BCUT2D eigenvalue weighted by Crippen LogP contribution is -2.57. The molecular weight excluding hydrogens is 322 g/mol. The molecule has 0 amide bonds. The highest BCUT2D eigenvalue weighted by Crippen LogP contribution is 2.43. The molecule has 0 aromatic heterocycles. The maximum atomic E-state index is 12.2. The molecule has 2 heterocycles. The van der Waals surface area contributed by atoms with E-state index in [0.29, 0.717) is 28.5 Å². The minimum Gasteiger partial charge on any atom is -0.459 e. The van der Waals surface area contributed by atoms with Crippen molar-refractivity contribution in [1.82, 2.24) is 0 Å². The van der Waals surface area contributed by atoms with Gasteiger partial charge < -0.3 is 19.1 Å². The van der Waals surface area contributed by atoms with Crippen molar-refractivity contribution in [2.75, 3.05) is 26.7 Å². The van der Waals surface area contributed by atoms with Crippen molar-refractivity contribution in [2.24, 2.45) is 0 Å². The topological polar surface area (TPSA) is 72.8 Å². The number of carbonyl (C=O) groups excluding carboxylic acids is 2. The zero-order chi connectivity index (χ0) is 18.8. The minimum atomic E-state index is -1.18. The van der Waals surface area contributed by atoms with Crippen LogP contribution in [0, 0.1) is 0 Å². The first-order valence-electron chi connectivity index (χ1n) is 8.87. The zero-order valence-electron chi connectivity index (χ0n) is 15.9. The van der Waals surface area contributed by atoms with Crippen LogP contribution in [0.15, 0.2) is 23.3 Å². The smallest absolute Gasteiger partial charge is 0.333 e. The number of rotatable bonds is 5. The number of aliphatic hydroxyl groups is 1. The summed E-state index contributed by atoms with van der Waals surface area (Å²) >= 11 is 0. The number of quaternary nitrogens is 1. The standard InChI is InChI=1S/C19H30NO5/c1-6-13(3)17(21)24-12-19(23)9-11-20(5)10-8-15(16(19)20)25-18(22)14(4)7-2/h6-7,15-16,23H,8-12H2,1-5H3/q+1. The Labute approximate surface area is 149 Å². The van der Waals surface area contributed by atoms with E-state index in [1.54, 1.807) is 39.8 Å². The molecule has 0 bridgehead atoms. The fourth-order valence-electron chi connectivity index (χ4n) is 3.95. The van der Waals surface area contributed by atoms with Gasteiger partial charge in [0.05, 0.1) is 20.1 Å². The van der Waals surface area contributed by atoms with E-state index in [2.05, 4.69) is 7.05 Å². The van der Waals surface area contributed by atoms with E-state index in [9.17, 15) is 14.7 Å². The van der Waals surface area contributed by atoms with Crippen LogP contribution in [0.4, 0.5) is 0 Å². The number of allylic oxidation sites excluding steroid dienone is 2. The minimum absolute atomic E-state index is 0.0772. The summed E-state index contributed by atoms with van der Waals surface area (Å²) < 4.78 is 11.7. The van der Waals surface area contributed by atoms with Gasteiger partial charge in [0.15, 0.2) is 17.7 Å². The molecule has 0 aromatic carbocycles. The molecule has 25 heavy (non-hydrogen) atoms. The Balaban J connectivity index is 2.14. The third-order valence-corrected chi connectivity index (χ3v) is 5.78. The predicted molar refractivity (Wildman–Crippen MR) is 93.6 cm³/mol. The van der Waals surface area contributed by atoms with Crippen molar-refractivity contribution in [3.63, 3.8) is 0 Å². The molecule has 4 unspecified atom stereocenters. The molecule has 0 aromatic rings. The monoisotopic (exact) mass is 352 g/mol. The fraction of sp³-hybridized carbons (Fsp3) is 0.684. The number of nitrogens with zero attached hydrogens (tertiary/aromatic N) is 1. The Bertz CT molecular complexity index is 611. The summed E-state index contributed by atoms with van der Waals surface area (Å²) in [5, 5.41) is 11.2. The molecule has 2 rings (SSSR count). The molecule has 6 heteroatoms. The number of esters is 2. The van der Waals surface area contributed by atoms with Crippen LogP contribution in [0.1, 0.15) is 40.5 Å². The Morgan fingerprint density at radius 1 is 1.16 bits per heavy atom. The molecule has 6 nitrogen and oxygen atoms in total. The van der Waals surface area contributed by atoms with Crippen LogP contribution < -0.4 is 0 Å². The summed E-state index contributed by atoms with van der Waals surface area (Å²) in [7, 11) is 2.07. The predicted octanol–water partition coefficient (Wildman–Crippen LogP) is 1.73. The van der Waals surface area contributed by atoms with Crippen LogP contribution in [0.25, 0.3) is 0 Å². The van der Waals surface area contributed by atoms with Gasteiger partial charge in [-0.2, -0.15) is 0 Å². The summed E-state index contributed by atoms with van der Waals surface area (Å²) in [4.78, 5) is 24.1. The van der Waals surface area contributed by atoms with Crippen molar-refractivity contribution < 1.29 is 28.7 Å². The maximum absolute atomic E-state index is 12.2. The van der Waals surface area contributed by atoms with Gasteiger partial charge in [0.2, 0.25) is 0 Å². The second-order valence-electron chi connectivity index (χ2n) is 7.48. The summed E-state index contributed by atoms with van der Waals surface area (Å²) in [6.07, 6.45) is 4.25. The molecule has 2 fully saturated rings. The van der Waals surface area contributed by atoms with E-state index in [1.807, 2.05) is 0 Å². The van der Waals surface area contributed by atoms with Crippen molar-refractivity contribution in [2.45, 2.75) is 58.3 Å². The molecule has 1 N–H and O–H groups in total. The largest absolute Gasteiger partial charge is 0.459 e. The SMILES string of the molecule is CC=C(C)C(=O)OCC1(O)CC[N+]2(C)CCC(OC(=O)C(C)=CC)C12. The number of hydrogen-bond acceptors (Lipinski definition) is 5. The fourth-order valence-corrected chi connectivity index (χ4v) is 3.95. The van der Waals surface area contributed by atoms with Crippen LogP contribution in [-0.2, 0) is 19.1 Å². The molecule has 2 aliphatic rings. The molecular formula is C19H30NO5+. The number of hydrogen-bond donors (Lipinski definition) is 1. The maximum Gasteiger partial charge on any atom is 0.333 e. The van der Waals surface area contributed by atoms with Crippen LogP contribution in [-0.4, -0.2) is 66.0 Å². The van der Waals surface area contributed by atoms with Crippen molar-refractivity contribution in [3.8, 4) is 0 Å². The second kappa shape index (κ2) is 7.30. The molecule has 4 atom stereocenters. The van der Waals surface area contributed by atoms with Gasteiger partial charge in [0, 0.05) is 24.0 Å². The Kier molecular flexibility index (Phi) is 5.74. The average molecular weight is 352 g/mol. The quantitative estimate of drug-likeness (QED) is 0.463. The summed E-state index contributed by atoms with van der Waals surface area (Å²) in [5.74, 6) is -0.773. The Morgan fingerprint density at radius 3 is 2.36 bits per heavy atom. The zero-order valence-corrected chi connectivity index (χ0v) is 15.9. The van der Waals surface area contributed by atoms with E-state index in [-0.39, 0.29) is 24.7 Å². The normalized spacial score (nSPS) is 35.4. The van der Waals surface area contributed by atoms with E-state index in [0.717, 1.165) is 13.1 Å². The van der Waals surface area contributed by atoms with Crippen LogP contribution in [0.2, 0.25) is 0 Å². The first kappa shape index (κ1) is 19.7. The molecule has 0 aliphatic carbocycles. The molecule has 0 spiro atoms. The number of likely N-dealkylation sites (N-methyl/N-ethyl adjacent to an activating group) is 1. The summed E-state index contributed by atoms with van der Waals surface area (Å²) in [6, 6.07) is -0.278. The highest BCUT2D eigenvalue weighted by atomic mass is 16.6. The number of ether oxygens (including phenoxy) is 2. The van der Waals surface area contributed by atoms with Crippen molar-refractivity contribution in [1.29, 1.82) is 0 Å². The third kappa shape index (κ3) is 3.80. The van der Waals surface area contributed by atoms with Crippen LogP contribution >= 0.6 is 0 Å². The lowest BCUT2D eigenvalue weighted by atomic mass is 9.91. The van der Waals surface area contributed by atoms with Gasteiger partial charge in [-0.1, -0.05) is 12.2 Å². The Morgan fingerprint density at radius 2 is 1.76 bits per heavy atom. The van der Waals surface area contributed by atoms with E-state index in [1.165, 1.54) is 0 Å². The van der Waals surface area contributed by atoms with Gasteiger partial charge in [-0.15, -0.1) is 0 Å². The van der Waals surface area contributed by atoms with Gasteiger partial charge in [0.25, 0.3) is 0 Å². The lowest BCUT2D eigenvalue weighted by molar-refractivity contribution is -0.913. The van der Waals surface area contributed by atoms with Gasteiger partial charge in [-0.05, 0) is 27.7 Å². The molecule has 140 valence electrons. The van der Waals surface area contributed by atoms with Crippen molar-refractivity contribution >= 4 is 11.9 Å². The molecule has 0 saturated carbocycles. The second-order valence-corrected chi connectivity index (χ2v) is 7.48. The average Bonchev–Trinajstić information content (AvgIpc) is 3.06. The van der Waals surface area contributed by atoms with E-state index >= 15 is 0 Å². The summed E-state index contributed by atoms with van der Waals surface area (Å²) in [6.45, 7) is 8.49. The first-order valence-corrected chi connectivity index (χ1v) is 8.87. The Hall–Kier alpha value is -1.66. The van der Waals surface area contributed by atoms with Crippen LogP contribution in [0.3, 0.4) is 0 Å².